The average molecular weight is 350 g/mol. The highest BCUT2D eigenvalue weighted by molar-refractivity contribution is 7.16. The molecule has 3 aromatic heterocycles. The molecule has 0 aliphatic carbocycles. The molecule has 0 spiro atoms. The maximum atomic E-state index is 6.35. The first-order chi connectivity index (χ1) is 12.1. The summed E-state index contributed by atoms with van der Waals surface area (Å²) in [5.74, 6) is 0. The fourth-order valence-corrected chi connectivity index (χ4v) is 3.58. The second kappa shape index (κ2) is 6.27. The molecule has 0 fully saturated rings. The highest BCUT2D eigenvalue weighted by Crippen LogP contribution is 2.29. The number of imidazole rings is 1. The van der Waals surface area contributed by atoms with Crippen LogP contribution in [0.15, 0.2) is 55.0 Å². The van der Waals surface area contributed by atoms with Gasteiger partial charge in [0.15, 0.2) is 0 Å². The Morgan fingerprint density at radius 1 is 1.16 bits per heavy atom. The van der Waals surface area contributed by atoms with E-state index in [0.29, 0.717) is 0 Å². The zero-order chi connectivity index (χ0) is 17.4. The van der Waals surface area contributed by atoms with Gasteiger partial charge in [0, 0.05) is 37.7 Å². The van der Waals surface area contributed by atoms with Gasteiger partial charge in [-0.1, -0.05) is 29.5 Å². The van der Waals surface area contributed by atoms with Crippen LogP contribution < -0.4 is 10.6 Å². The molecule has 4 aromatic rings. The number of hydrogen-bond donors (Lipinski definition) is 1. The van der Waals surface area contributed by atoms with Crippen molar-refractivity contribution in [1.29, 1.82) is 0 Å². The average Bonchev–Trinajstić information content (AvgIpc) is 3.22. The van der Waals surface area contributed by atoms with E-state index >= 15 is 0 Å². The number of hydrogen-bond acceptors (Lipinski definition) is 6. The molecule has 0 radical (unpaired) electrons. The van der Waals surface area contributed by atoms with Gasteiger partial charge in [-0.25, -0.2) is 9.50 Å². The number of aromatic nitrogens is 4. The lowest BCUT2D eigenvalue weighted by Crippen LogP contribution is -2.12. The quantitative estimate of drug-likeness (QED) is 0.613. The molecule has 0 saturated carbocycles. The Bertz CT molecular complexity index is 1000. The zero-order valence-corrected chi connectivity index (χ0v) is 14.8. The molecule has 1 aromatic carbocycles. The summed E-state index contributed by atoms with van der Waals surface area (Å²) < 4.78 is 1.87. The smallest absolute Gasteiger partial charge is 0.212 e. The van der Waals surface area contributed by atoms with Crippen molar-refractivity contribution < 1.29 is 0 Å². The molecule has 1 atom stereocenters. The SMILES string of the molecule is CN(C)c1cccc(-c2cnc3sc(C(N)c4cccnc4)nn23)c1. The predicted octanol–water partition coefficient (Wildman–Crippen LogP) is 2.97. The summed E-state index contributed by atoms with van der Waals surface area (Å²) in [4.78, 5) is 11.5. The number of nitrogens with zero attached hydrogens (tertiary/aromatic N) is 5. The van der Waals surface area contributed by atoms with Crippen LogP contribution in [0.5, 0.6) is 0 Å². The Balaban J connectivity index is 1.75. The minimum atomic E-state index is -0.304. The summed E-state index contributed by atoms with van der Waals surface area (Å²) in [7, 11) is 4.05. The van der Waals surface area contributed by atoms with Crippen molar-refractivity contribution in [3.8, 4) is 11.3 Å². The third kappa shape index (κ3) is 2.88. The molecule has 7 heteroatoms. The van der Waals surface area contributed by atoms with E-state index in [1.165, 1.54) is 11.3 Å². The fraction of sp³-hybridized carbons (Fsp3) is 0.167. The van der Waals surface area contributed by atoms with Crippen LogP contribution in [0.4, 0.5) is 5.69 Å². The van der Waals surface area contributed by atoms with Crippen LogP contribution in [-0.4, -0.2) is 33.7 Å². The third-order valence-electron chi connectivity index (χ3n) is 4.07. The topological polar surface area (TPSA) is 72.3 Å². The third-order valence-corrected chi connectivity index (χ3v) is 5.07. The second-order valence-electron chi connectivity index (χ2n) is 5.99. The number of rotatable bonds is 4. The van der Waals surface area contributed by atoms with E-state index in [4.69, 9.17) is 10.8 Å². The van der Waals surface area contributed by atoms with Crippen LogP contribution >= 0.6 is 11.3 Å². The van der Waals surface area contributed by atoms with Gasteiger partial charge in [0.05, 0.1) is 17.9 Å². The first-order valence-electron chi connectivity index (χ1n) is 7.91. The first-order valence-corrected chi connectivity index (χ1v) is 8.73. The van der Waals surface area contributed by atoms with Gasteiger partial charge in [0.25, 0.3) is 0 Å². The Morgan fingerprint density at radius 3 is 2.80 bits per heavy atom. The molecule has 0 saturated heterocycles. The monoisotopic (exact) mass is 350 g/mol. The standard InChI is InChI=1S/C18H18N6S/c1-23(2)14-7-3-5-12(9-14)15-11-21-18-24(15)22-17(25-18)16(19)13-6-4-8-20-10-13/h3-11,16H,19H2,1-2H3. The molecule has 2 N–H and O–H groups in total. The van der Waals surface area contributed by atoms with E-state index in [1.807, 2.05) is 43.0 Å². The second-order valence-corrected chi connectivity index (χ2v) is 6.97. The van der Waals surface area contributed by atoms with E-state index in [9.17, 15) is 0 Å². The van der Waals surface area contributed by atoms with E-state index in [0.717, 1.165) is 32.5 Å². The molecular formula is C18H18N6S. The number of anilines is 1. The van der Waals surface area contributed by atoms with Gasteiger partial charge < -0.3 is 10.6 Å². The normalized spacial score (nSPS) is 12.4. The van der Waals surface area contributed by atoms with Crippen LogP contribution in [0.25, 0.3) is 16.2 Å². The van der Waals surface area contributed by atoms with Crippen molar-refractivity contribution in [3.63, 3.8) is 0 Å². The van der Waals surface area contributed by atoms with Gasteiger partial charge in [0.1, 0.15) is 5.01 Å². The highest BCUT2D eigenvalue weighted by Gasteiger charge is 2.18. The van der Waals surface area contributed by atoms with Gasteiger partial charge in [-0.15, -0.1) is 0 Å². The fourth-order valence-electron chi connectivity index (χ4n) is 2.68. The van der Waals surface area contributed by atoms with Crippen LogP contribution in [-0.2, 0) is 0 Å². The maximum Gasteiger partial charge on any atom is 0.212 e. The van der Waals surface area contributed by atoms with E-state index in [1.54, 1.807) is 12.4 Å². The maximum absolute atomic E-state index is 6.35. The number of nitrogens with two attached hydrogens (primary N) is 1. The lowest BCUT2D eigenvalue weighted by molar-refractivity contribution is 0.805. The number of benzene rings is 1. The highest BCUT2D eigenvalue weighted by atomic mass is 32.1. The van der Waals surface area contributed by atoms with Crippen molar-refractivity contribution in [2.24, 2.45) is 5.73 Å². The molecule has 0 bridgehead atoms. The minimum absolute atomic E-state index is 0.304. The molecule has 126 valence electrons. The molecular weight excluding hydrogens is 332 g/mol. The molecule has 6 nitrogen and oxygen atoms in total. The van der Waals surface area contributed by atoms with Crippen molar-refractivity contribution in [2.75, 3.05) is 19.0 Å². The lowest BCUT2D eigenvalue weighted by Gasteiger charge is -2.13. The van der Waals surface area contributed by atoms with E-state index < -0.39 is 0 Å². The minimum Gasteiger partial charge on any atom is -0.378 e. The Kier molecular flexibility index (Phi) is 3.95. The molecule has 3 heterocycles. The van der Waals surface area contributed by atoms with Gasteiger partial charge in [-0.2, -0.15) is 5.10 Å². The molecule has 0 aliphatic rings. The summed E-state index contributed by atoms with van der Waals surface area (Å²) in [6.45, 7) is 0. The van der Waals surface area contributed by atoms with Gasteiger partial charge >= 0.3 is 0 Å². The number of pyridine rings is 1. The lowest BCUT2D eigenvalue weighted by atomic mass is 10.1. The molecule has 25 heavy (non-hydrogen) atoms. The largest absolute Gasteiger partial charge is 0.378 e. The van der Waals surface area contributed by atoms with Crippen molar-refractivity contribution >= 4 is 22.0 Å². The summed E-state index contributed by atoms with van der Waals surface area (Å²) in [5.41, 5.74) is 10.5. The van der Waals surface area contributed by atoms with Crippen molar-refractivity contribution in [3.05, 3.63) is 65.6 Å². The summed E-state index contributed by atoms with van der Waals surface area (Å²) >= 11 is 1.50. The van der Waals surface area contributed by atoms with Crippen LogP contribution in [0, 0.1) is 0 Å². The summed E-state index contributed by atoms with van der Waals surface area (Å²) in [6.07, 6.45) is 5.37. The van der Waals surface area contributed by atoms with E-state index in [2.05, 4.69) is 33.1 Å². The molecule has 0 aliphatic heterocycles. The van der Waals surface area contributed by atoms with Gasteiger partial charge in [-0.3, -0.25) is 4.98 Å². The van der Waals surface area contributed by atoms with Crippen LogP contribution in [0.3, 0.4) is 0 Å². The van der Waals surface area contributed by atoms with E-state index in [-0.39, 0.29) is 6.04 Å². The Hall–Kier alpha value is -2.77. The Morgan fingerprint density at radius 2 is 2.04 bits per heavy atom. The van der Waals surface area contributed by atoms with Gasteiger partial charge in [0.2, 0.25) is 4.96 Å². The molecule has 1 unspecified atom stereocenters. The first kappa shape index (κ1) is 15.7. The number of fused-ring (bicyclic) bond motifs is 1. The Labute approximate surface area is 149 Å². The summed E-state index contributed by atoms with van der Waals surface area (Å²) in [5, 5.41) is 5.53. The zero-order valence-electron chi connectivity index (χ0n) is 14.0. The van der Waals surface area contributed by atoms with Crippen molar-refractivity contribution in [1.82, 2.24) is 19.6 Å². The van der Waals surface area contributed by atoms with Crippen LogP contribution in [0.2, 0.25) is 0 Å². The van der Waals surface area contributed by atoms with Crippen molar-refractivity contribution in [2.45, 2.75) is 6.04 Å². The predicted molar refractivity (Wildman–Crippen MR) is 101 cm³/mol. The summed E-state index contributed by atoms with van der Waals surface area (Å²) in [6, 6.07) is 11.8. The van der Waals surface area contributed by atoms with Crippen LogP contribution in [0.1, 0.15) is 16.6 Å². The molecule has 0 amide bonds. The molecule has 4 rings (SSSR count). The van der Waals surface area contributed by atoms with Gasteiger partial charge in [-0.05, 0) is 23.8 Å².